The van der Waals surface area contributed by atoms with Crippen molar-refractivity contribution < 1.29 is 4.79 Å². The minimum atomic E-state index is 0.103. The molecule has 0 amide bonds. The molecule has 28 heavy (non-hydrogen) atoms. The zero-order valence-electron chi connectivity index (χ0n) is 15.9. The van der Waals surface area contributed by atoms with E-state index in [4.69, 9.17) is 0 Å². The Kier molecular flexibility index (Phi) is 5.19. The van der Waals surface area contributed by atoms with Gasteiger partial charge in [-0.15, -0.1) is 21.5 Å². The van der Waals surface area contributed by atoms with Gasteiger partial charge in [-0.1, -0.05) is 36.0 Å². The number of thioether (sulfide) groups is 1. The van der Waals surface area contributed by atoms with Crippen molar-refractivity contribution >= 4 is 28.9 Å². The Balaban J connectivity index is 1.65. The molecule has 0 saturated heterocycles. The number of rotatable bonds is 6. The third-order valence-electron chi connectivity index (χ3n) is 4.80. The normalized spacial score (nSPS) is 11.1. The summed E-state index contributed by atoms with van der Waals surface area (Å²) >= 11 is 3.05. The summed E-state index contributed by atoms with van der Waals surface area (Å²) in [5.41, 5.74) is 3.83. The van der Waals surface area contributed by atoms with Gasteiger partial charge < -0.3 is 4.57 Å². The van der Waals surface area contributed by atoms with E-state index in [0.29, 0.717) is 10.9 Å². The lowest BCUT2D eigenvalue weighted by atomic mass is 10.2. The molecule has 0 bridgehead atoms. The Labute approximate surface area is 172 Å². The van der Waals surface area contributed by atoms with Gasteiger partial charge in [0.15, 0.2) is 16.8 Å². The number of thiophene rings is 1. The van der Waals surface area contributed by atoms with Gasteiger partial charge >= 0.3 is 0 Å². The third kappa shape index (κ3) is 3.43. The van der Waals surface area contributed by atoms with E-state index in [1.807, 2.05) is 83.9 Å². The molecule has 0 unspecified atom stereocenters. The number of carbonyl (C=O) groups excluding carboxylic acids is 1. The third-order valence-corrected chi connectivity index (χ3v) is 6.59. The van der Waals surface area contributed by atoms with E-state index in [9.17, 15) is 4.79 Å². The summed E-state index contributed by atoms with van der Waals surface area (Å²) in [4.78, 5) is 13.8. The highest BCUT2D eigenvalue weighted by atomic mass is 32.2. The van der Waals surface area contributed by atoms with Gasteiger partial charge in [0, 0.05) is 29.7 Å². The average molecular weight is 409 g/mol. The second-order valence-electron chi connectivity index (χ2n) is 6.51. The molecule has 1 aromatic carbocycles. The lowest BCUT2D eigenvalue weighted by Gasteiger charge is -2.09. The number of hydrogen-bond donors (Lipinski definition) is 0. The van der Waals surface area contributed by atoms with E-state index < -0.39 is 0 Å². The first-order chi connectivity index (χ1) is 13.6. The molecule has 0 fully saturated rings. The van der Waals surface area contributed by atoms with Gasteiger partial charge in [-0.05, 0) is 43.5 Å². The molecule has 0 atom stereocenters. The minimum Gasteiger partial charge on any atom is -0.351 e. The zero-order valence-corrected chi connectivity index (χ0v) is 17.5. The Morgan fingerprint density at radius 3 is 2.54 bits per heavy atom. The number of nitrogens with zero attached hydrogens (tertiary/aromatic N) is 4. The van der Waals surface area contributed by atoms with Gasteiger partial charge in [-0.25, -0.2) is 0 Å². The average Bonchev–Trinajstić information content (AvgIpc) is 3.43. The first-order valence-electron chi connectivity index (χ1n) is 8.90. The van der Waals surface area contributed by atoms with Crippen molar-refractivity contribution in [3.05, 3.63) is 70.9 Å². The molecule has 5 nitrogen and oxygen atoms in total. The number of ketones is 1. The highest BCUT2D eigenvalue weighted by molar-refractivity contribution is 7.99. The lowest BCUT2D eigenvalue weighted by Crippen LogP contribution is -2.06. The fourth-order valence-electron chi connectivity index (χ4n) is 3.08. The molecule has 0 aliphatic rings. The van der Waals surface area contributed by atoms with Crippen LogP contribution in [0.15, 0.2) is 59.1 Å². The topological polar surface area (TPSA) is 52.7 Å². The molecule has 0 aliphatic heterocycles. The van der Waals surface area contributed by atoms with Crippen LogP contribution in [0.3, 0.4) is 0 Å². The molecule has 0 saturated carbocycles. The summed E-state index contributed by atoms with van der Waals surface area (Å²) in [5.74, 6) is 1.22. The van der Waals surface area contributed by atoms with Crippen molar-refractivity contribution in [3.8, 4) is 16.4 Å². The molecule has 0 aliphatic carbocycles. The van der Waals surface area contributed by atoms with Crippen LogP contribution < -0.4 is 0 Å². The Morgan fingerprint density at radius 2 is 1.89 bits per heavy atom. The van der Waals surface area contributed by atoms with Crippen molar-refractivity contribution in [2.45, 2.75) is 19.0 Å². The number of aromatic nitrogens is 4. The van der Waals surface area contributed by atoms with E-state index in [1.165, 1.54) is 11.8 Å². The van der Waals surface area contributed by atoms with Gasteiger partial charge in [-0.2, -0.15) is 0 Å². The second-order valence-corrected chi connectivity index (χ2v) is 8.40. The summed E-state index contributed by atoms with van der Waals surface area (Å²) in [5, 5.41) is 11.5. The summed E-state index contributed by atoms with van der Waals surface area (Å²) in [6.07, 6.45) is 0. The van der Waals surface area contributed by atoms with E-state index in [0.717, 1.165) is 33.3 Å². The Morgan fingerprint density at radius 1 is 1.11 bits per heavy atom. The monoisotopic (exact) mass is 408 g/mol. The fraction of sp³-hybridized carbons (Fsp3) is 0.190. The SMILES string of the molecule is Cc1cc(C(=O)CSc2nnc(-c3cccs3)n2-c2ccccc2)c(C)n1C. The number of para-hydroxylation sites is 1. The Hall–Kier alpha value is -2.64. The van der Waals surface area contributed by atoms with E-state index in [1.54, 1.807) is 11.3 Å². The number of aryl methyl sites for hydroxylation is 1. The molecule has 3 aromatic heterocycles. The first kappa shape index (κ1) is 18.7. The van der Waals surface area contributed by atoms with Crippen LogP contribution in [0.5, 0.6) is 0 Å². The summed E-state index contributed by atoms with van der Waals surface area (Å²) in [7, 11) is 1.98. The molecule has 4 rings (SSSR count). The highest BCUT2D eigenvalue weighted by Gasteiger charge is 2.19. The predicted octanol–water partition coefficient (Wildman–Crippen LogP) is 4.93. The standard InChI is InChI=1S/C21H20N4OS2/c1-14-12-17(15(2)24(14)3)18(26)13-28-21-23-22-20(19-10-7-11-27-19)25(21)16-8-5-4-6-9-16/h4-12H,13H2,1-3H3. The fourth-order valence-corrected chi connectivity index (χ4v) is 4.62. The van der Waals surface area contributed by atoms with Gasteiger partial charge in [0.1, 0.15) is 0 Å². The summed E-state index contributed by atoms with van der Waals surface area (Å²) in [6, 6.07) is 16.0. The molecule has 0 radical (unpaired) electrons. The smallest absolute Gasteiger partial charge is 0.196 e. The van der Waals surface area contributed by atoms with E-state index in [2.05, 4.69) is 10.2 Å². The summed E-state index contributed by atoms with van der Waals surface area (Å²) in [6.45, 7) is 3.99. The molecule has 142 valence electrons. The molecule has 0 N–H and O–H groups in total. The number of carbonyl (C=O) groups is 1. The quantitative estimate of drug-likeness (QED) is 0.335. The number of Topliss-reactive ketones (excluding diaryl/α,β-unsaturated/α-hetero) is 1. The van der Waals surface area contributed by atoms with Crippen molar-refractivity contribution in [1.82, 2.24) is 19.3 Å². The second kappa shape index (κ2) is 7.77. The molecular formula is C21H20N4OS2. The molecule has 4 aromatic rings. The van der Waals surface area contributed by atoms with Crippen molar-refractivity contribution in [3.63, 3.8) is 0 Å². The van der Waals surface area contributed by atoms with E-state index >= 15 is 0 Å². The van der Waals surface area contributed by atoms with Gasteiger partial charge in [0.2, 0.25) is 0 Å². The number of hydrogen-bond acceptors (Lipinski definition) is 5. The maximum atomic E-state index is 12.8. The molecule has 0 spiro atoms. The van der Waals surface area contributed by atoms with E-state index in [-0.39, 0.29) is 5.78 Å². The minimum absolute atomic E-state index is 0.103. The largest absolute Gasteiger partial charge is 0.351 e. The molecule has 3 heterocycles. The molecule has 7 heteroatoms. The molecular weight excluding hydrogens is 388 g/mol. The first-order valence-corrected chi connectivity index (χ1v) is 10.8. The van der Waals surface area contributed by atoms with Crippen LogP contribution in [-0.4, -0.2) is 30.9 Å². The maximum Gasteiger partial charge on any atom is 0.196 e. The van der Waals surface area contributed by atoms with Crippen LogP contribution in [0, 0.1) is 13.8 Å². The van der Waals surface area contributed by atoms with Crippen molar-refractivity contribution in [2.75, 3.05) is 5.75 Å². The summed E-state index contributed by atoms with van der Waals surface area (Å²) < 4.78 is 4.06. The van der Waals surface area contributed by atoms with Crippen LogP contribution in [0.25, 0.3) is 16.4 Å². The Bertz CT molecular complexity index is 1110. The van der Waals surface area contributed by atoms with Crippen molar-refractivity contribution in [1.29, 1.82) is 0 Å². The van der Waals surface area contributed by atoms with Crippen LogP contribution in [0.4, 0.5) is 0 Å². The zero-order chi connectivity index (χ0) is 19.7. The van der Waals surface area contributed by atoms with Crippen molar-refractivity contribution in [2.24, 2.45) is 7.05 Å². The van der Waals surface area contributed by atoms with Crippen LogP contribution in [0.2, 0.25) is 0 Å². The predicted molar refractivity (Wildman–Crippen MR) is 115 cm³/mol. The highest BCUT2D eigenvalue weighted by Crippen LogP contribution is 2.30. The maximum absolute atomic E-state index is 12.8. The van der Waals surface area contributed by atoms with Crippen LogP contribution in [-0.2, 0) is 7.05 Å². The van der Waals surface area contributed by atoms with Gasteiger partial charge in [0.05, 0.1) is 10.6 Å². The number of benzene rings is 1. The van der Waals surface area contributed by atoms with Crippen LogP contribution in [0.1, 0.15) is 21.7 Å². The lowest BCUT2D eigenvalue weighted by molar-refractivity contribution is 0.102. The van der Waals surface area contributed by atoms with Gasteiger partial charge in [-0.3, -0.25) is 9.36 Å². The van der Waals surface area contributed by atoms with Crippen LogP contribution >= 0.6 is 23.1 Å². The van der Waals surface area contributed by atoms with Gasteiger partial charge in [0.25, 0.3) is 0 Å².